The number of azo groups is 1. The Hall–Kier alpha value is -4.38. The van der Waals surface area contributed by atoms with Crippen molar-refractivity contribution in [2.45, 2.75) is 13.8 Å². The molecule has 0 saturated carbocycles. The number of carbonyl (C=O) groups is 2. The number of ketones is 2. The van der Waals surface area contributed by atoms with E-state index in [0.717, 1.165) is 4.57 Å². The number of pyridine rings is 1. The minimum absolute atomic E-state index is 0.108. The van der Waals surface area contributed by atoms with Gasteiger partial charge in [0.25, 0.3) is 5.56 Å². The Labute approximate surface area is 176 Å². The topological polar surface area (TPSA) is 105 Å². The van der Waals surface area contributed by atoms with Crippen LogP contribution >= 0.6 is 0 Å². The Morgan fingerprint density at radius 3 is 2.16 bits per heavy atom. The van der Waals surface area contributed by atoms with Crippen molar-refractivity contribution in [1.82, 2.24) is 4.57 Å². The summed E-state index contributed by atoms with van der Waals surface area (Å²) in [5, 5.41) is 18.2. The molecule has 2 aromatic carbocycles. The van der Waals surface area contributed by atoms with Crippen LogP contribution in [0.25, 0.3) is 4.85 Å². The molecule has 0 fully saturated rings. The van der Waals surface area contributed by atoms with Crippen molar-refractivity contribution in [3.63, 3.8) is 0 Å². The number of rotatable bonds is 2. The van der Waals surface area contributed by atoms with Gasteiger partial charge in [-0.1, -0.05) is 30.3 Å². The molecule has 0 aliphatic heterocycles. The molecule has 0 atom stereocenters. The molecule has 31 heavy (non-hydrogen) atoms. The van der Waals surface area contributed by atoms with Gasteiger partial charge in [0.05, 0.1) is 12.1 Å². The summed E-state index contributed by atoms with van der Waals surface area (Å²) in [4.78, 5) is 41.9. The van der Waals surface area contributed by atoms with Gasteiger partial charge in [0.2, 0.25) is 5.69 Å². The van der Waals surface area contributed by atoms with Gasteiger partial charge in [-0.3, -0.25) is 19.0 Å². The first-order valence-electron chi connectivity index (χ1n) is 9.31. The quantitative estimate of drug-likeness (QED) is 0.388. The van der Waals surface area contributed by atoms with Crippen LogP contribution in [0, 0.1) is 20.4 Å². The van der Waals surface area contributed by atoms with Gasteiger partial charge in [-0.25, -0.2) is 4.85 Å². The van der Waals surface area contributed by atoms with E-state index < -0.39 is 11.4 Å². The first-order valence-corrected chi connectivity index (χ1v) is 9.31. The molecule has 1 heterocycles. The predicted molar refractivity (Wildman–Crippen MR) is 113 cm³/mol. The molecule has 1 aromatic heterocycles. The molecule has 0 spiro atoms. The highest BCUT2D eigenvalue weighted by Gasteiger charge is 2.32. The van der Waals surface area contributed by atoms with Crippen LogP contribution in [-0.2, 0) is 7.05 Å². The van der Waals surface area contributed by atoms with E-state index in [9.17, 15) is 19.5 Å². The summed E-state index contributed by atoms with van der Waals surface area (Å²) in [6, 6.07) is 9.82. The molecule has 1 aliphatic carbocycles. The molecule has 1 aliphatic rings. The minimum Gasteiger partial charge on any atom is -0.503 e. The van der Waals surface area contributed by atoms with Gasteiger partial charge in [0.15, 0.2) is 17.4 Å². The smallest absolute Gasteiger partial charge is 0.278 e. The lowest BCUT2D eigenvalue weighted by atomic mass is 9.82. The van der Waals surface area contributed by atoms with Crippen LogP contribution < -0.4 is 5.56 Å². The van der Waals surface area contributed by atoms with E-state index in [1.54, 1.807) is 43.3 Å². The van der Waals surface area contributed by atoms with Crippen LogP contribution in [0.1, 0.15) is 43.0 Å². The van der Waals surface area contributed by atoms with E-state index in [2.05, 4.69) is 15.1 Å². The molecule has 0 unspecified atom stereocenters. The SMILES string of the molecule is [C-]#[N+]c1c(C)c(N=Nc2c(C)ccc3c2C(=O)c2ccccc2C3=O)c(=O)n(C)c1O. The van der Waals surface area contributed by atoms with E-state index in [-0.39, 0.29) is 50.9 Å². The number of fused-ring (bicyclic) bond motifs is 2. The molecule has 8 heteroatoms. The molecule has 0 saturated heterocycles. The zero-order valence-electron chi connectivity index (χ0n) is 16.9. The van der Waals surface area contributed by atoms with Crippen molar-refractivity contribution in [2.75, 3.05) is 0 Å². The van der Waals surface area contributed by atoms with E-state index >= 15 is 0 Å². The highest BCUT2D eigenvalue weighted by molar-refractivity contribution is 6.30. The predicted octanol–water partition coefficient (Wildman–Crippen LogP) is 4.45. The number of hydrogen-bond donors (Lipinski definition) is 1. The molecular formula is C23H16N4O4. The summed E-state index contributed by atoms with van der Waals surface area (Å²) < 4.78 is 0.910. The minimum atomic E-state index is -0.638. The zero-order chi connectivity index (χ0) is 22.4. The van der Waals surface area contributed by atoms with Gasteiger partial charge in [0, 0.05) is 23.7 Å². The van der Waals surface area contributed by atoms with E-state index in [4.69, 9.17) is 6.57 Å². The van der Waals surface area contributed by atoms with Crippen molar-refractivity contribution >= 4 is 28.6 Å². The number of nitrogens with zero attached hydrogens (tertiary/aromatic N) is 4. The van der Waals surface area contributed by atoms with Crippen molar-refractivity contribution < 1.29 is 14.7 Å². The number of benzene rings is 2. The first kappa shape index (κ1) is 19.9. The van der Waals surface area contributed by atoms with E-state index in [1.807, 2.05) is 0 Å². The number of carbonyl (C=O) groups excluding carboxylic acids is 2. The largest absolute Gasteiger partial charge is 0.503 e. The summed E-state index contributed by atoms with van der Waals surface area (Å²) in [5.41, 5.74) is 1.06. The van der Waals surface area contributed by atoms with Crippen LogP contribution in [0.2, 0.25) is 0 Å². The van der Waals surface area contributed by atoms with E-state index in [0.29, 0.717) is 11.1 Å². The van der Waals surface area contributed by atoms with Crippen molar-refractivity contribution in [3.05, 3.63) is 91.5 Å². The van der Waals surface area contributed by atoms with Crippen molar-refractivity contribution in [2.24, 2.45) is 17.3 Å². The number of aryl methyl sites for hydroxylation is 1. The summed E-state index contributed by atoms with van der Waals surface area (Å²) in [5.74, 6) is -1.09. The second-order valence-corrected chi connectivity index (χ2v) is 7.18. The number of aromatic nitrogens is 1. The Bertz CT molecular complexity index is 1440. The highest BCUT2D eigenvalue weighted by atomic mass is 16.3. The Morgan fingerprint density at radius 2 is 1.52 bits per heavy atom. The van der Waals surface area contributed by atoms with Crippen molar-refractivity contribution in [3.8, 4) is 5.88 Å². The molecule has 8 nitrogen and oxygen atoms in total. The van der Waals surface area contributed by atoms with Crippen molar-refractivity contribution in [1.29, 1.82) is 0 Å². The fourth-order valence-corrected chi connectivity index (χ4v) is 3.61. The lowest BCUT2D eigenvalue weighted by Gasteiger charge is -2.19. The molecule has 0 radical (unpaired) electrons. The van der Waals surface area contributed by atoms with Gasteiger partial charge < -0.3 is 5.11 Å². The third kappa shape index (κ3) is 2.87. The Morgan fingerprint density at radius 1 is 0.903 bits per heavy atom. The highest BCUT2D eigenvalue weighted by Crippen LogP contribution is 2.38. The summed E-state index contributed by atoms with van der Waals surface area (Å²) in [6.45, 7) is 10.5. The summed E-state index contributed by atoms with van der Waals surface area (Å²) in [6.07, 6.45) is 0. The van der Waals surface area contributed by atoms with Gasteiger partial charge in [-0.15, -0.1) is 10.2 Å². The lowest BCUT2D eigenvalue weighted by molar-refractivity contribution is 0.0979. The molecule has 0 amide bonds. The summed E-state index contributed by atoms with van der Waals surface area (Å²) >= 11 is 0. The molecular weight excluding hydrogens is 396 g/mol. The third-order valence-corrected chi connectivity index (χ3v) is 5.38. The van der Waals surface area contributed by atoms with Crippen LogP contribution in [-0.4, -0.2) is 21.2 Å². The summed E-state index contributed by atoms with van der Waals surface area (Å²) in [7, 11) is 1.32. The lowest BCUT2D eigenvalue weighted by Crippen LogP contribution is -2.21. The molecule has 1 N–H and O–H groups in total. The van der Waals surface area contributed by atoms with Gasteiger partial charge in [0.1, 0.15) is 11.4 Å². The van der Waals surface area contributed by atoms with E-state index in [1.165, 1.54) is 14.0 Å². The second-order valence-electron chi connectivity index (χ2n) is 7.18. The maximum absolute atomic E-state index is 13.2. The first-order chi connectivity index (χ1) is 14.8. The fourth-order valence-electron chi connectivity index (χ4n) is 3.61. The molecule has 3 aromatic rings. The maximum Gasteiger partial charge on any atom is 0.278 e. The monoisotopic (exact) mass is 412 g/mol. The average molecular weight is 412 g/mol. The molecule has 4 rings (SSSR count). The van der Waals surface area contributed by atoms with Gasteiger partial charge in [-0.2, -0.15) is 0 Å². The second kappa shape index (κ2) is 7.15. The Balaban J connectivity index is 1.94. The van der Waals surface area contributed by atoms with Gasteiger partial charge >= 0.3 is 0 Å². The normalized spacial score (nSPS) is 12.6. The fraction of sp³-hybridized carbons (Fsp3) is 0.130. The Kier molecular flexibility index (Phi) is 4.59. The average Bonchev–Trinajstić information content (AvgIpc) is 2.77. The molecule has 152 valence electrons. The van der Waals surface area contributed by atoms with Crippen LogP contribution in [0.5, 0.6) is 5.88 Å². The number of hydrogen-bond acceptors (Lipinski definition) is 6. The molecule has 0 bridgehead atoms. The maximum atomic E-state index is 13.2. The van der Waals surface area contributed by atoms with Crippen LogP contribution in [0.4, 0.5) is 17.1 Å². The number of aromatic hydroxyl groups is 1. The third-order valence-electron chi connectivity index (χ3n) is 5.38. The standard InChI is InChI=1S/C23H16N4O4/c1-11-9-10-15-16(21(29)14-8-6-5-7-13(14)20(15)28)17(11)25-26-19-12(2)18(24-3)22(30)27(4)23(19)31/h5-10,30H,1-2,4H3. The zero-order valence-corrected chi connectivity index (χ0v) is 16.9. The van der Waals surface area contributed by atoms with Crippen LogP contribution in [0.15, 0.2) is 51.4 Å². The van der Waals surface area contributed by atoms with Gasteiger partial charge in [-0.05, 0) is 31.0 Å². The van der Waals surface area contributed by atoms with Crippen LogP contribution in [0.3, 0.4) is 0 Å².